The summed E-state index contributed by atoms with van der Waals surface area (Å²) in [5, 5.41) is 55.6. The maximum absolute atomic E-state index is 13.1. The summed E-state index contributed by atoms with van der Waals surface area (Å²) in [6.45, 7) is 0. The Morgan fingerprint density at radius 3 is 1.32 bits per heavy atom. The summed E-state index contributed by atoms with van der Waals surface area (Å²) in [4.78, 5) is 0. The third kappa shape index (κ3) is 2.57. The van der Waals surface area contributed by atoms with Gasteiger partial charge in [-0.05, 0) is 0 Å². The molecule has 0 aromatic carbocycles. The standard InChI is InChI=1S/C16H14N6O2S/c17-7-1-14(2-8-18)13-25(23,24)16(5-11-21,6-12-22)15(14,3-9-19)4-10-20/h1-6,13H2. The van der Waals surface area contributed by atoms with Gasteiger partial charge in [-0.3, -0.25) is 0 Å². The van der Waals surface area contributed by atoms with Crippen LogP contribution in [0.15, 0.2) is 0 Å². The molecule has 1 aliphatic rings. The van der Waals surface area contributed by atoms with Crippen molar-refractivity contribution in [2.75, 3.05) is 5.75 Å². The molecule has 1 heterocycles. The second kappa shape index (κ2) is 7.20. The number of sulfone groups is 1. The lowest BCUT2D eigenvalue weighted by Gasteiger charge is -2.47. The van der Waals surface area contributed by atoms with E-state index in [-0.39, 0.29) is 12.8 Å². The van der Waals surface area contributed by atoms with Crippen LogP contribution in [0.5, 0.6) is 0 Å². The van der Waals surface area contributed by atoms with Crippen LogP contribution in [-0.2, 0) is 9.84 Å². The van der Waals surface area contributed by atoms with Gasteiger partial charge >= 0.3 is 0 Å². The molecule has 0 amide bonds. The number of nitriles is 6. The fourth-order valence-corrected chi connectivity index (χ4v) is 7.14. The molecule has 0 bridgehead atoms. The third-order valence-corrected chi connectivity index (χ3v) is 8.08. The van der Waals surface area contributed by atoms with Gasteiger partial charge in [0.05, 0.1) is 55.0 Å². The highest BCUT2D eigenvalue weighted by Crippen LogP contribution is 2.66. The van der Waals surface area contributed by atoms with Crippen molar-refractivity contribution in [2.45, 2.75) is 43.3 Å². The highest BCUT2D eigenvalue weighted by Gasteiger charge is 2.74. The molecule has 0 saturated carbocycles. The number of nitrogens with zero attached hydrogens (tertiary/aromatic N) is 6. The van der Waals surface area contributed by atoms with Crippen molar-refractivity contribution in [2.24, 2.45) is 10.8 Å². The van der Waals surface area contributed by atoms with E-state index in [4.69, 9.17) is 0 Å². The van der Waals surface area contributed by atoms with Gasteiger partial charge in [-0.2, -0.15) is 31.6 Å². The first-order chi connectivity index (χ1) is 11.8. The second-order valence-electron chi connectivity index (χ2n) is 6.13. The van der Waals surface area contributed by atoms with E-state index in [0.29, 0.717) is 0 Å². The largest absolute Gasteiger partial charge is 0.228 e. The summed E-state index contributed by atoms with van der Waals surface area (Å²) in [6, 6.07) is 11.0. The van der Waals surface area contributed by atoms with Gasteiger partial charge in [-0.1, -0.05) is 0 Å². The van der Waals surface area contributed by atoms with Crippen molar-refractivity contribution >= 4 is 9.84 Å². The fourth-order valence-electron chi connectivity index (χ4n) is 4.13. The third-order valence-electron chi connectivity index (χ3n) is 5.27. The molecule has 0 spiro atoms. The first-order valence-electron chi connectivity index (χ1n) is 7.26. The Kier molecular flexibility index (Phi) is 5.74. The Morgan fingerprint density at radius 1 is 0.640 bits per heavy atom. The Balaban J connectivity index is 4.05. The zero-order chi connectivity index (χ0) is 19.2. The minimum Gasteiger partial charge on any atom is -0.228 e. The number of rotatable bonds is 6. The molecule has 0 atom stereocenters. The van der Waals surface area contributed by atoms with E-state index in [0.717, 1.165) is 0 Å². The molecule has 1 saturated heterocycles. The zero-order valence-corrected chi connectivity index (χ0v) is 14.2. The number of hydrogen-bond acceptors (Lipinski definition) is 8. The first kappa shape index (κ1) is 19.9. The minimum atomic E-state index is -4.13. The summed E-state index contributed by atoms with van der Waals surface area (Å²) in [7, 11) is -4.13. The lowest BCUT2D eigenvalue weighted by molar-refractivity contribution is 0.0432. The Labute approximate surface area is 146 Å². The summed E-state index contributed by atoms with van der Waals surface area (Å²) in [6.07, 6.45) is -2.75. The van der Waals surface area contributed by atoms with Crippen molar-refractivity contribution in [3.8, 4) is 36.4 Å². The molecule has 1 fully saturated rings. The molecular weight excluding hydrogens is 340 g/mol. The SMILES string of the molecule is N#CCC1(CC#N)CS(=O)(=O)C(CC#N)(CC#N)C1(CC#N)CC#N. The van der Waals surface area contributed by atoms with Gasteiger partial charge in [0.2, 0.25) is 0 Å². The van der Waals surface area contributed by atoms with Gasteiger partial charge in [0.1, 0.15) is 4.75 Å². The molecule has 126 valence electrons. The number of hydrogen-bond donors (Lipinski definition) is 0. The van der Waals surface area contributed by atoms with Gasteiger partial charge in [0.15, 0.2) is 9.84 Å². The second-order valence-corrected chi connectivity index (χ2v) is 8.42. The van der Waals surface area contributed by atoms with Gasteiger partial charge in [0, 0.05) is 36.5 Å². The van der Waals surface area contributed by atoms with E-state index in [1.165, 1.54) is 0 Å². The highest BCUT2D eigenvalue weighted by atomic mass is 32.2. The van der Waals surface area contributed by atoms with Crippen molar-refractivity contribution in [3.05, 3.63) is 0 Å². The van der Waals surface area contributed by atoms with E-state index in [1.807, 2.05) is 24.3 Å². The summed E-state index contributed by atoms with van der Waals surface area (Å²) in [5.74, 6) is -0.603. The normalized spacial score (nSPS) is 20.6. The van der Waals surface area contributed by atoms with Crippen molar-refractivity contribution in [1.82, 2.24) is 0 Å². The molecule has 1 rings (SSSR count). The topological polar surface area (TPSA) is 177 Å². The molecular formula is C16H14N6O2S. The molecule has 9 heteroatoms. The van der Waals surface area contributed by atoms with E-state index in [1.54, 1.807) is 12.1 Å². The van der Waals surface area contributed by atoms with Gasteiger partial charge in [0.25, 0.3) is 0 Å². The minimum absolute atomic E-state index is 0.359. The molecule has 0 N–H and O–H groups in total. The fraction of sp³-hybridized carbons (Fsp3) is 0.625. The van der Waals surface area contributed by atoms with Crippen LogP contribution < -0.4 is 0 Å². The highest BCUT2D eigenvalue weighted by molar-refractivity contribution is 7.93. The van der Waals surface area contributed by atoms with Gasteiger partial charge < -0.3 is 0 Å². The quantitative estimate of drug-likeness (QED) is 0.690. The molecule has 1 aliphatic heterocycles. The maximum atomic E-state index is 13.1. The summed E-state index contributed by atoms with van der Waals surface area (Å²) in [5.41, 5.74) is -3.12. The summed E-state index contributed by atoms with van der Waals surface area (Å²) < 4.78 is 24.2. The lowest BCUT2D eigenvalue weighted by atomic mass is 9.52. The predicted octanol–water partition coefficient (Wildman–Crippen LogP) is 1.61. The molecule has 0 unspecified atom stereocenters. The van der Waals surface area contributed by atoms with Crippen LogP contribution in [0.3, 0.4) is 0 Å². The van der Waals surface area contributed by atoms with Gasteiger partial charge in [-0.15, -0.1) is 0 Å². The first-order valence-corrected chi connectivity index (χ1v) is 8.92. The maximum Gasteiger partial charge on any atom is 0.159 e. The van der Waals surface area contributed by atoms with E-state index in [2.05, 4.69) is 0 Å². The smallest absolute Gasteiger partial charge is 0.159 e. The van der Waals surface area contributed by atoms with Crippen LogP contribution >= 0.6 is 0 Å². The van der Waals surface area contributed by atoms with E-state index >= 15 is 0 Å². The molecule has 8 nitrogen and oxygen atoms in total. The average Bonchev–Trinajstić information content (AvgIpc) is 2.66. The molecule has 0 radical (unpaired) electrons. The van der Waals surface area contributed by atoms with Crippen LogP contribution in [0.4, 0.5) is 0 Å². The predicted molar refractivity (Wildman–Crippen MR) is 82.8 cm³/mol. The van der Waals surface area contributed by atoms with Crippen LogP contribution in [0.2, 0.25) is 0 Å². The monoisotopic (exact) mass is 354 g/mol. The van der Waals surface area contributed by atoms with Crippen molar-refractivity contribution in [3.63, 3.8) is 0 Å². The molecule has 25 heavy (non-hydrogen) atoms. The van der Waals surface area contributed by atoms with Crippen LogP contribution in [-0.4, -0.2) is 18.9 Å². The van der Waals surface area contributed by atoms with E-state index in [9.17, 15) is 40.0 Å². The molecule has 0 aliphatic carbocycles. The van der Waals surface area contributed by atoms with Crippen LogP contribution in [0, 0.1) is 78.8 Å². The molecule has 0 aromatic rings. The van der Waals surface area contributed by atoms with Crippen LogP contribution in [0.1, 0.15) is 38.5 Å². The molecule has 0 aromatic heterocycles. The average molecular weight is 354 g/mol. The Hall–Kier alpha value is -3.11. The van der Waals surface area contributed by atoms with E-state index < -0.39 is 56.9 Å². The Bertz CT molecular complexity index is 847. The lowest BCUT2D eigenvalue weighted by Crippen LogP contribution is -2.53. The van der Waals surface area contributed by atoms with Crippen LogP contribution in [0.25, 0.3) is 0 Å². The van der Waals surface area contributed by atoms with Gasteiger partial charge in [-0.25, -0.2) is 8.42 Å². The zero-order valence-electron chi connectivity index (χ0n) is 13.4. The Morgan fingerprint density at radius 2 is 1.00 bits per heavy atom. The summed E-state index contributed by atoms with van der Waals surface area (Å²) >= 11 is 0. The van der Waals surface area contributed by atoms with Crippen molar-refractivity contribution < 1.29 is 8.42 Å². The van der Waals surface area contributed by atoms with Crippen molar-refractivity contribution in [1.29, 1.82) is 31.6 Å².